The van der Waals surface area contributed by atoms with E-state index in [1.54, 1.807) is 6.07 Å². The Labute approximate surface area is 182 Å². The van der Waals surface area contributed by atoms with Gasteiger partial charge < -0.3 is 14.8 Å². The van der Waals surface area contributed by atoms with Gasteiger partial charge in [0.15, 0.2) is 11.2 Å². The molecular formula is C19H20N4O7S. The van der Waals surface area contributed by atoms with E-state index in [1.165, 1.54) is 43.5 Å². The van der Waals surface area contributed by atoms with Crippen LogP contribution in [0.25, 0.3) is 11.0 Å². The summed E-state index contributed by atoms with van der Waals surface area (Å²) in [6, 6.07) is 8.76. The minimum absolute atomic E-state index is 0.00211. The van der Waals surface area contributed by atoms with Crippen LogP contribution in [-0.4, -0.2) is 54.6 Å². The van der Waals surface area contributed by atoms with Gasteiger partial charge in [-0.1, -0.05) is 18.2 Å². The molecule has 0 bridgehead atoms. The summed E-state index contributed by atoms with van der Waals surface area (Å²) in [5.74, 6) is -0.965. The highest BCUT2D eigenvalue weighted by Crippen LogP contribution is 2.35. The number of pyridine rings is 1. The normalized spacial score (nSPS) is 15.4. The van der Waals surface area contributed by atoms with Crippen LogP contribution in [-0.2, 0) is 24.3 Å². The lowest BCUT2D eigenvalue weighted by Crippen LogP contribution is -2.48. The molecule has 11 nitrogen and oxygen atoms in total. The second-order valence-electron chi connectivity index (χ2n) is 6.68. The van der Waals surface area contributed by atoms with E-state index in [0.717, 1.165) is 17.3 Å². The maximum absolute atomic E-state index is 13.1. The number of aromatic nitrogens is 2. The lowest BCUT2D eigenvalue weighted by molar-refractivity contribution is -0.384. The highest BCUT2D eigenvalue weighted by Gasteiger charge is 2.38. The zero-order valence-corrected chi connectivity index (χ0v) is 17.3. The van der Waals surface area contributed by atoms with Gasteiger partial charge in [-0.15, -0.1) is 0 Å². The third-order valence-corrected chi connectivity index (χ3v) is 6.24. The van der Waals surface area contributed by atoms with Crippen LogP contribution in [0.15, 0.2) is 53.7 Å². The Hall–Kier alpha value is -3.51. The van der Waals surface area contributed by atoms with Gasteiger partial charge in [-0.25, -0.2) is 22.2 Å². The summed E-state index contributed by atoms with van der Waals surface area (Å²) in [6.45, 7) is 0.498. The zero-order chi connectivity index (χ0) is 25.3. The van der Waals surface area contributed by atoms with Gasteiger partial charge in [-0.05, 0) is 25.1 Å². The van der Waals surface area contributed by atoms with E-state index in [1.807, 2.05) is 0 Å². The predicted octanol–water partition coefficient (Wildman–Crippen LogP) is 2.17. The molecule has 0 radical (unpaired) electrons. The Morgan fingerprint density at radius 1 is 1.35 bits per heavy atom. The maximum atomic E-state index is 13.1. The standard InChI is InChI=1S/C19H20N4O7S/c1-19(12-29-2,18(24)30-3)21-16-14-9-10-22(17(14)20-11-15(16)23(25)26)31(27,28)13-7-5-4-6-8-13/h4-11H,12H2,1-3H3,(H,20,21)/t19-/m0/s1/i2D3. The summed E-state index contributed by atoms with van der Waals surface area (Å²) in [6.07, 6.45) is 2.01. The molecule has 1 N–H and O–H groups in total. The molecule has 0 spiro atoms. The van der Waals surface area contributed by atoms with Crippen LogP contribution < -0.4 is 5.32 Å². The zero-order valence-electron chi connectivity index (χ0n) is 19.4. The van der Waals surface area contributed by atoms with Crippen molar-refractivity contribution in [1.82, 2.24) is 8.96 Å². The largest absolute Gasteiger partial charge is 0.467 e. The molecule has 164 valence electrons. The van der Waals surface area contributed by atoms with E-state index in [4.69, 9.17) is 13.6 Å². The van der Waals surface area contributed by atoms with E-state index in [9.17, 15) is 23.3 Å². The third-order valence-electron chi connectivity index (χ3n) is 4.56. The molecule has 12 heteroatoms. The predicted molar refractivity (Wildman–Crippen MR) is 111 cm³/mol. The third kappa shape index (κ3) is 3.94. The number of fused-ring (bicyclic) bond motifs is 1. The van der Waals surface area contributed by atoms with Gasteiger partial charge in [-0.2, -0.15) is 0 Å². The summed E-state index contributed by atoms with van der Waals surface area (Å²) in [5.41, 5.74) is -2.88. The lowest BCUT2D eigenvalue weighted by Gasteiger charge is -2.28. The van der Waals surface area contributed by atoms with Gasteiger partial charge in [-0.3, -0.25) is 10.1 Å². The molecule has 31 heavy (non-hydrogen) atoms. The fourth-order valence-electron chi connectivity index (χ4n) is 3.01. The Bertz CT molecular complexity index is 1340. The van der Waals surface area contributed by atoms with Crippen molar-refractivity contribution < 1.29 is 31.7 Å². The van der Waals surface area contributed by atoms with Crippen LogP contribution in [0.2, 0.25) is 0 Å². The molecule has 3 aromatic rings. The van der Waals surface area contributed by atoms with E-state index < -0.39 is 45.8 Å². The molecule has 1 aromatic carbocycles. The average Bonchev–Trinajstić information content (AvgIpc) is 3.23. The first kappa shape index (κ1) is 18.3. The van der Waals surface area contributed by atoms with Crippen molar-refractivity contribution in [2.24, 2.45) is 0 Å². The molecule has 0 saturated heterocycles. The lowest BCUT2D eigenvalue weighted by atomic mass is 10.0. The molecule has 0 amide bonds. The number of methoxy groups -OCH3 is 2. The van der Waals surface area contributed by atoms with Gasteiger partial charge in [0.25, 0.3) is 10.0 Å². The number of hydrogen-bond acceptors (Lipinski definition) is 9. The summed E-state index contributed by atoms with van der Waals surface area (Å²) in [7, 11) is -5.91. The second kappa shape index (κ2) is 8.32. The fourth-order valence-corrected chi connectivity index (χ4v) is 4.34. The van der Waals surface area contributed by atoms with Crippen LogP contribution in [0.4, 0.5) is 11.4 Å². The van der Waals surface area contributed by atoms with Crippen LogP contribution in [0, 0.1) is 10.1 Å². The van der Waals surface area contributed by atoms with E-state index in [2.05, 4.69) is 10.3 Å². The highest BCUT2D eigenvalue weighted by atomic mass is 32.2. The Morgan fingerprint density at radius 3 is 2.68 bits per heavy atom. The Kier molecular flexibility index (Phi) is 4.90. The molecular weight excluding hydrogens is 428 g/mol. The number of anilines is 1. The molecule has 1 atom stereocenters. The van der Waals surface area contributed by atoms with Gasteiger partial charge in [0.2, 0.25) is 0 Å². The van der Waals surface area contributed by atoms with Crippen molar-refractivity contribution in [3.05, 3.63) is 58.9 Å². The molecule has 2 aromatic heterocycles. The molecule has 3 rings (SSSR count). The van der Waals surface area contributed by atoms with Crippen LogP contribution in [0.5, 0.6) is 0 Å². The Morgan fingerprint density at radius 2 is 2.06 bits per heavy atom. The Balaban J connectivity index is 2.18. The van der Waals surface area contributed by atoms with Crippen molar-refractivity contribution >= 4 is 38.4 Å². The van der Waals surface area contributed by atoms with E-state index in [0.29, 0.717) is 0 Å². The van der Waals surface area contributed by atoms with Crippen LogP contribution >= 0.6 is 0 Å². The molecule has 0 aliphatic rings. The number of benzene rings is 1. The quantitative estimate of drug-likeness (QED) is 0.309. The molecule has 0 aliphatic carbocycles. The minimum Gasteiger partial charge on any atom is -0.467 e. The average molecular weight is 451 g/mol. The van der Waals surface area contributed by atoms with Crippen LogP contribution in [0.3, 0.4) is 0 Å². The molecule has 0 aliphatic heterocycles. The van der Waals surface area contributed by atoms with Gasteiger partial charge in [0.05, 0.1) is 33.0 Å². The summed E-state index contributed by atoms with van der Waals surface area (Å²) in [5, 5.41) is 14.3. The number of ether oxygens (including phenoxy) is 2. The van der Waals surface area contributed by atoms with Crippen molar-refractivity contribution in [1.29, 1.82) is 0 Å². The van der Waals surface area contributed by atoms with Gasteiger partial charge in [0, 0.05) is 13.2 Å². The molecule has 0 fully saturated rings. The van der Waals surface area contributed by atoms with Gasteiger partial charge >= 0.3 is 11.7 Å². The first-order valence-electron chi connectivity index (χ1n) is 10.3. The minimum atomic E-state index is -4.10. The number of nitrogens with one attached hydrogen (secondary N) is 1. The van der Waals surface area contributed by atoms with Crippen molar-refractivity contribution in [3.8, 4) is 0 Å². The van der Waals surface area contributed by atoms with Crippen molar-refractivity contribution in [3.63, 3.8) is 0 Å². The number of nitrogens with zero attached hydrogens (tertiary/aromatic N) is 3. The van der Waals surface area contributed by atoms with E-state index >= 15 is 0 Å². The smallest absolute Gasteiger partial charge is 0.333 e. The summed E-state index contributed by atoms with van der Waals surface area (Å²) >= 11 is 0. The number of carbonyl (C=O) groups excluding carboxylic acids is 1. The molecule has 2 heterocycles. The summed E-state index contributed by atoms with van der Waals surface area (Å²) in [4.78, 5) is 27.3. The molecule has 0 unspecified atom stereocenters. The highest BCUT2D eigenvalue weighted by molar-refractivity contribution is 7.90. The number of rotatable bonds is 8. The number of esters is 1. The van der Waals surface area contributed by atoms with Crippen LogP contribution in [0.1, 0.15) is 11.0 Å². The number of nitro groups is 1. The first-order valence-corrected chi connectivity index (χ1v) is 10.2. The topological polar surface area (TPSA) is 143 Å². The first-order chi connectivity index (χ1) is 15.8. The van der Waals surface area contributed by atoms with Gasteiger partial charge in [0.1, 0.15) is 11.9 Å². The molecule has 0 saturated carbocycles. The summed E-state index contributed by atoms with van der Waals surface area (Å²) < 4.78 is 58.2. The van der Waals surface area contributed by atoms with Crippen molar-refractivity contribution in [2.45, 2.75) is 17.4 Å². The monoisotopic (exact) mass is 451 g/mol. The SMILES string of the molecule is [2H]C([2H])([2H])OC[C@](C)(Nc1c([N+](=O)[O-])cnc2c1ccn2S(=O)(=O)c1ccccc1)C(=O)OC. The number of hydrogen-bond donors (Lipinski definition) is 1. The van der Waals surface area contributed by atoms with Crippen molar-refractivity contribution in [2.75, 3.05) is 26.1 Å². The maximum Gasteiger partial charge on any atom is 0.333 e. The fraction of sp³-hybridized carbons (Fsp3) is 0.263. The van der Waals surface area contributed by atoms with E-state index in [-0.39, 0.29) is 21.6 Å². The second-order valence-corrected chi connectivity index (χ2v) is 8.49. The number of carbonyl (C=O) groups is 1.